The van der Waals surface area contributed by atoms with E-state index in [-0.39, 0.29) is 10.7 Å². The molecule has 146 valence electrons. The van der Waals surface area contributed by atoms with Crippen LogP contribution in [0, 0.1) is 11.3 Å². The number of hydrogen-bond donors (Lipinski definition) is 1. The molecular formula is C18H15ClF3N5O. The number of carbonyl (C=O) groups excluding carboxylic acids is 1. The van der Waals surface area contributed by atoms with Gasteiger partial charge >= 0.3 is 12.2 Å². The molecule has 0 radical (unpaired) electrons. The first kappa shape index (κ1) is 19.8. The van der Waals surface area contributed by atoms with E-state index in [0.29, 0.717) is 37.6 Å². The van der Waals surface area contributed by atoms with Gasteiger partial charge in [0.05, 0.1) is 21.8 Å². The van der Waals surface area contributed by atoms with Crippen molar-refractivity contribution in [3.63, 3.8) is 0 Å². The molecule has 28 heavy (non-hydrogen) atoms. The molecule has 10 heteroatoms. The Kier molecular flexibility index (Phi) is 5.61. The van der Waals surface area contributed by atoms with E-state index in [9.17, 15) is 18.0 Å². The van der Waals surface area contributed by atoms with Gasteiger partial charge in [-0.25, -0.2) is 9.78 Å². The smallest absolute Gasteiger partial charge is 0.353 e. The maximum Gasteiger partial charge on any atom is 0.416 e. The zero-order valence-corrected chi connectivity index (χ0v) is 15.3. The quantitative estimate of drug-likeness (QED) is 0.814. The van der Waals surface area contributed by atoms with Crippen LogP contribution in [0.2, 0.25) is 5.02 Å². The van der Waals surface area contributed by atoms with Gasteiger partial charge in [0.1, 0.15) is 11.9 Å². The highest BCUT2D eigenvalue weighted by Crippen LogP contribution is 2.34. The van der Waals surface area contributed by atoms with Crippen LogP contribution >= 0.6 is 11.6 Å². The molecule has 0 atom stereocenters. The summed E-state index contributed by atoms with van der Waals surface area (Å²) in [5.74, 6) is 0.694. The minimum atomic E-state index is -4.52. The molecule has 1 aliphatic rings. The summed E-state index contributed by atoms with van der Waals surface area (Å²) in [5.41, 5.74) is -0.513. The molecule has 1 aromatic carbocycles. The van der Waals surface area contributed by atoms with Gasteiger partial charge in [-0.1, -0.05) is 11.6 Å². The normalized spacial score (nSPS) is 14.5. The molecule has 2 heterocycles. The largest absolute Gasteiger partial charge is 0.416 e. The minimum absolute atomic E-state index is 0.0294. The third kappa shape index (κ3) is 4.46. The molecule has 1 saturated heterocycles. The van der Waals surface area contributed by atoms with E-state index in [0.717, 1.165) is 18.2 Å². The van der Waals surface area contributed by atoms with Gasteiger partial charge in [-0.05, 0) is 30.3 Å². The van der Waals surface area contributed by atoms with Gasteiger partial charge in [0.25, 0.3) is 0 Å². The van der Waals surface area contributed by atoms with Crippen molar-refractivity contribution >= 4 is 29.1 Å². The van der Waals surface area contributed by atoms with Gasteiger partial charge < -0.3 is 15.1 Å². The van der Waals surface area contributed by atoms with Crippen LogP contribution in [0.25, 0.3) is 0 Å². The summed E-state index contributed by atoms with van der Waals surface area (Å²) in [4.78, 5) is 20.1. The fourth-order valence-electron chi connectivity index (χ4n) is 2.77. The Balaban J connectivity index is 1.62. The summed E-state index contributed by atoms with van der Waals surface area (Å²) in [7, 11) is 0. The topological polar surface area (TPSA) is 72.3 Å². The Morgan fingerprint density at radius 2 is 1.89 bits per heavy atom. The number of pyridine rings is 1. The number of halogens is 4. The summed E-state index contributed by atoms with van der Waals surface area (Å²) in [5, 5.41) is 11.3. The molecule has 0 bridgehead atoms. The summed E-state index contributed by atoms with van der Waals surface area (Å²) < 4.78 is 38.5. The van der Waals surface area contributed by atoms with Crippen molar-refractivity contribution in [2.45, 2.75) is 6.18 Å². The molecular weight excluding hydrogens is 395 g/mol. The van der Waals surface area contributed by atoms with Gasteiger partial charge in [-0.2, -0.15) is 18.4 Å². The van der Waals surface area contributed by atoms with E-state index in [2.05, 4.69) is 10.3 Å². The second-order valence-electron chi connectivity index (χ2n) is 6.11. The average molecular weight is 410 g/mol. The first-order valence-corrected chi connectivity index (χ1v) is 8.69. The highest BCUT2D eigenvalue weighted by atomic mass is 35.5. The summed E-state index contributed by atoms with van der Waals surface area (Å²) in [6, 6.07) is 7.66. The molecule has 0 unspecified atom stereocenters. The number of aromatic nitrogens is 1. The molecule has 1 fully saturated rings. The molecule has 6 nitrogen and oxygen atoms in total. The molecule has 2 amide bonds. The molecule has 3 rings (SSSR count). The van der Waals surface area contributed by atoms with E-state index < -0.39 is 17.8 Å². The number of anilines is 2. The van der Waals surface area contributed by atoms with E-state index in [1.807, 2.05) is 11.0 Å². The second kappa shape index (κ2) is 7.94. The third-order valence-corrected chi connectivity index (χ3v) is 4.63. The second-order valence-corrected chi connectivity index (χ2v) is 6.52. The van der Waals surface area contributed by atoms with E-state index in [4.69, 9.17) is 16.9 Å². The van der Waals surface area contributed by atoms with Crippen molar-refractivity contribution in [1.82, 2.24) is 9.88 Å². The number of alkyl halides is 3. The zero-order valence-electron chi connectivity index (χ0n) is 14.5. The van der Waals surface area contributed by atoms with Crippen LogP contribution in [0.4, 0.5) is 29.5 Å². The molecule has 2 aromatic rings. The summed E-state index contributed by atoms with van der Waals surface area (Å²) in [6.07, 6.45) is -3.05. The number of amides is 2. The Hall–Kier alpha value is -2.99. The van der Waals surface area contributed by atoms with Crippen LogP contribution in [0.5, 0.6) is 0 Å². The van der Waals surface area contributed by atoms with Gasteiger partial charge in [0, 0.05) is 32.4 Å². The van der Waals surface area contributed by atoms with Crippen LogP contribution in [-0.4, -0.2) is 42.1 Å². The molecule has 0 saturated carbocycles. The van der Waals surface area contributed by atoms with Crippen molar-refractivity contribution in [1.29, 1.82) is 5.26 Å². The number of rotatable bonds is 2. The number of nitrogens with one attached hydrogen (secondary N) is 1. The van der Waals surface area contributed by atoms with Crippen molar-refractivity contribution in [3.05, 3.63) is 52.7 Å². The van der Waals surface area contributed by atoms with E-state index in [1.165, 1.54) is 11.1 Å². The fraction of sp³-hybridized carbons (Fsp3) is 0.278. The predicted octanol–water partition coefficient (Wildman–Crippen LogP) is 3.98. The number of carbonyl (C=O) groups is 1. The number of hydrogen-bond acceptors (Lipinski definition) is 4. The third-order valence-electron chi connectivity index (χ3n) is 4.30. The number of urea groups is 1. The molecule has 1 aliphatic heterocycles. The van der Waals surface area contributed by atoms with Crippen LogP contribution in [0.3, 0.4) is 0 Å². The molecule has 1 N–H and O–H groups in total. The maximum atomic E-state index is 12.8. The predicted molar refractivity (Wildman–Crippen MR) is 98.2 cm³/mol. The fourth-order valence-corrected chi connectivity index (χ4v) is 2.93. The standard InChI is InChI=1S/C18H15ClF3N5O/c19-14-3-2-13(18(20,21)22)9-15(14)25-17(28)27-7-5-26(6-8-27)16-4-1-12(10-23)11-24-16/h1-4,9,11H,5-8H2,(H,25,28). The highest BCUT2D eigenvalue weighted by molar-refractivity contribution is 6.33. The van der Waals surface area contributed by atoms with Crippen LogP contribution in [0.15, 0.2) is 36.5 Å². The van der Waals surface area contributed by atoms with Gasteiger partial charge in [0.2, 0.25) is 0 Å². The molecule has 1 aromatic heterocycles. The Labute approximate surface area is 164 Å². The number of benzene rings is 1. The first-order chi connectivity index (χ1) is 13.3. The summed E-state index contributed by atoms with van der Waals surface area (Å²) >= 11 is 5.92. The number of nitrogens with zero attached hydrogens (tertiary/aromatic N) is 4. The highest BCUT2D eigenvalue weighted by Gasteiger charge is 2.31. The monoisotopic (exact) mass is 409 g/mol. The number of piperazine rings is 1. The lowest BCUT2D eigenvalue weighted by Crippen LogP contribution is -2.50. The molecule has 0 aliphatic carbocycles. The van der Waals surface area contributed by atoms with E-state index in [1.54, 1.807) is 12.1 Å². The van der Waals surface area contributed by atoms with Crippen molar-refractivity contribution < 1.29 is 18.0 Å². The Morgan fingerprint density at radius 3 is 2.46 bits per heavy atom. The first-order valence-electron chi connectivity index (χ1n) is 8.31. The summed E-state index contributed by atoms with van der Waals surface area (Å²) in [6.45, 7) is 1.74. The molecule has 0 spiro atoms. The Bertz CT molecular complexity index is 903. The van der Waals surface area contributed by atoms with Crippen LogP contribution in [-0.2, 0) is 6.18 Å². The zero-order chi connectivity index (χ0) is 20.3. The van der Waals surface area contributed by atoms with Crippen molar-refractivity contribution in [2.24, 2.45) is 0 Å². The van der Waals surface area contributed by atoms with Gasteiger partial charge in [-0.15, -0.1) is 0 Å². The SMILES string of the molecule is N#Cc1ccc(N2CCN(C(=O)Nc3cc(C(F)(F)F)ccc3Cl)CC2)nc1. The van der Waals surface area contributed by atoms with Crippen molar-refractivity contribution in [2.75, 3.05) is 36.4 Å². The van der Waals surface area contributed by atoms with Crippen molar-refractivity contribution in [3.8, 4) is 6.07 Å². The Morgan fingerprint density at radius 1 is 1.18 bits per heavy atom. The average Bonchev–Trinajstić information content (AvgIpc) is 2.69. The van der Waals surface area contributed by atoms with E-state index >= 15 is 0 Å². The maximum absolute atomic E-state index is 12.8. The lowest BCUT2D eigenvalue weighted by molar-refractivity contribution is -0.137. The number of nitriles is 1. The lowest BCUT2D eigenvalue weighted by Gasteiger charge is -2.35. The van der Waals surface area contributed by atoms with Crippen LogP contribution < -0.4 is 10.2 Å². The van der Waals surface area contributed by atoms with Crippen LogP contribution in [0.1, 0.15) is 11.1 Å². The van der Waals surface area contributed by atoms with Gasteiger partial charge in [-0.3, -0.25) is 0 Å². The lowest BCUT2D eigenvalue weighted by atomic mass is 10.2. The minimum Gasteiger partial charge on any atom is -0.353 e. The van der Waals surface area contributed by atoms with Gasteiger partial charge in [0.15, 0.2) is 0 Å².